The van der Waals surface area contributed by atoms with Crippen molar-refractivity contribution in [2.45, 2.75) is 31.7 Å². The van der Waals surface area contributed by atoms with Gasteiger partial charge in [0.1, 0.15) is 0 Å². The lowest BCUT2D eigenvalue weighted by Crippen LogP contribution is -2.11. The van der Waals surface area contributed by atoms with E-state index in [2.05, 4.69) is 0 Å². The number of Topliss-reactive ketones (excluding diaryl/α,β-unsaturated/α-hetero) is 1. The molecule has 1 aliphatic heterocycles. The lowest BCUT2D eigenvalue weighted by Gasteiger charge is -2.09. The fourth-order valence-electron chi connectivity index (χ4n) is 2.85. The molecule has 0 spiro atoms. The van der Waals surface area contributed by atoms with E-state index in [9.17, 15) is 9.59 Å². The maximum atomic E-state index is 12.4. The van der Waals surface area contributed by atoms with Gasteiger partial charge in [-0.25, -0.2) is 0 Å². The number of aromatic nitrogens is 1. The number of carbonyl (C=O) groups is 2. The number of carboxylic acids is 1. The van der Waals surface area contributed by atoms with Crippen LogP contribution in [0.1, 0.15) is 41.4 Å². The number of ketones is 1. The lowest BCUT2D eigenvalue weighted by atomic mass is 9.99. The largest absolute Gasteiger partial charge is 0.481 e. The number of carboxylic acid groups (broad SMARTS) is 1. The van der Waals surface area contributed by atoms with Gasteiger partial charge in [-0.15, -0.1) is 0 Å². The first-order chi connectivity index (χ1) is 9.18. The van der Waals surface area contributed by atoms with E-state index in [1.165, 1.54) is 0 Å². The Balaban J connectivity index is 1.94. The zero-order valence-electron chi connectivity index (χ0n) is 10.5. The molecule has 1 aromatic rings. The van der Waals surface area contributed by atoms with Gasteiger partial charge in [0.15, 0.2) is 0 Å². The number of carbonyl (C=O) groups excluding carboxylic acids is 1. The topological polar surface area (TPSA) is 59.3 Å². The standard InChI is InChI=1S/C15H15NO3/c17-14(10-4-2-1-3-5-10)13-7-6-12-11(15(18)19)8-9-16(12)13/h1-2,4,6-7,11H,3,5,8-9H2,(H,18,19). The Labute approximate surface area is 111 Å². The second-order valence-electron chi connectivity index (χ2n) is 4.96. The zero-order valence-corrected chi connectivity index (χ0v) is 10.5. The monoisotopic (exact) mass is 257 g/mol. The highest BCUT2D eigenvalue weighted by molar-refractivity contribution is 6.08. The molecular formula is C15H15NO3. The molecule has 0 saturated carbocycles. The van der Waals surface area contributed by atoms with E-state index in [0.29, 0.717) is 18.7 Å². The lowest BCUT2D eigenvalue weighted by molar-refractivity contribution is -0.138. The zero-order chi connectivity index (χ0) is 13.4. The van der Waals surface area contributed by atoms with Crippen LogP contribution < -0.4 is 0 Å². The van der Waals surface area contributed by atoms with Gasteiger partial charge in [0.25, 0.3) is 0 Å². The molecule has 1 aliphatic carbocycles. The average Bonchev–Trinajstić information content (AvgIpc) is 2.99. The van der Waals surface area contributed by atoms with Crippen molar-refractivity contribution in [1.29, 1.82) is 0 Å². The fourth-order valence-corrected chi connectivity index (χ4v) is 2.85. The van der Waals surface area contributed by atoms with Gasteiger partial charge in [-0.05, 0) is 31.4 Å². The van der Waals surface area contributed by atoms with Crippen LogP contribution in [0.15, 0.2) is 35.9 Å². The van der Waals surface area contributed by atoms with E-state index in [4.69, 9.17) is 5.11 Å². The number of aliphatic carboxylic acids is 1. The highest BCUT2D eigenvalue weighted by atomic mass is 16.4. The van der Waals surface area contributed by atoms with Crippen LogP contribution in [0.4, 0.5) is 0 Å². The van der Waals surface area contributed by atoms with Crippen LogP contribution in [0.5, 0.6) is 0 Å². The molecule has 4 nitrogen and oxygen atoms in total. The fraction of sp³-hybridized carbons (Fsp3) is 0.333. The van der Waals surface area contributed by atoms with Crippen molar-refractivity contribution in [3.05, 3.63) is 47.3 Å². The molecule has 2 aliphatic rings. The summed E-state index contributed by atoms with van der Waals surface area (Å²) >= 11 is 0. The summed E-state index contributed by atoms with van der Waals surface area (Å²) in [6, 6.07) is 3.53. The van der Waals surface area contributed by atoms with Gasteiger partial charge in [-0.2, -0.15) is 0 Å². The molecule has 3 rings (SSSR count). The second-order valence-corrected chi connectivity index (χ2v) is 4.96. The Hall–Kier alpha value is -2.10. The number of hydrogen-bond acceptors (Lipinski definition) is 2. The molecule has 4 heteroatoms. The van der Waals surface area contributed by atoms with Crippen molar-refractivity contribution < 1.29 is 14.7 Å². The summed E-state index contributed by atoms with van der Waals surface area (Å²) in [6.45, 7) is 0.615. The third-order valence-corrected chi connectivity index (χ3v) is 3.85. The normalized spacial score (nSPS) is 21.1. The number of nitrogens with zero attached hydrogens (tertiary/aromatic N) is 1. The molecule has 0 fully saturated rings. The quantitative estimate of drug-likeness (QED) is 0.846. The van der Waals surface area contributed by atoms with Crippen LogP contribution in [0.25, 0.3) is 0 Å². The van der Waals surface area contributed by atoms with Crippen LogP contribution >= 0.6 is 0 Å². The van der Waals surface area contributed by atoms with E-state index >= 15 is 0 Å². The van der Waals surface area contributed by atoms with Crippen LogP contribution in [-0.4, -0.2) is 21.4 Å². The minimum absolute atomic E-state index is 0.0293. The van der Waals surface area contributed by atoms with E-state index in [-0.39, 0.29) is 5.78 Å². The van der Waals surface area contributed by atoms with Crippen LogP contribution in [0.2, 0.25) is 0 Å². The molecule has 0 saturated heterocycles. The molecule has 2 heterocycles. The van der Waals surface area contributed by atoms with Crippen molar-refractivity contribution in [1.82, 2.24) is 4.57 Å². The smallest absolute Gasteiger partial charge is 0.312 e. The van der Waals surface area contributed by atoms with E-state index in [0.717, 1.165) is 24.1 Å². The average molecular weight is 257 g/mol. The number of rotatable bonds is 3. The molecular weight excluding hydrogens is 242 g/mol. The Kier molecular flexibility index (Phi) is 2.85. The van der Waals surface area contributed by atoms with Gasteiger partial charge in [0, 0.05) is 17.8 Å². The summed E-state index contributed by atoms with van der Waals surface area (Å²) < 4.78 is 1.86. The molecule has 1 atom stereocenters. The number of allylic oxidation sites excluding steroid dienone is 4. The summed E-state index contributed by atoms with van der Waals surface area (Å²) in [4.78, 5) is 23.6. The molecule has 0 bridgehead atoms. The van der Waals surface area contributed by atoms with Crippen molar-refractivity contribution in [2.75, 3.05) is 0 Å². The van der Waals surface area contributed by atoms with Crippen LogP contribution in [0.3, 0.4) is 0 Å². The summed E-state index contributed by atoms with van der Waals surface area (Å²) in [5.74, 6) is -1.25. The highest BCUT2D eigenvalue weighted by Crippen LogP contribution is 2.32. The van der Waals surface area contributed by atoms with Gasteiger partial charge in [0.2, 0.25) is 5.78 Å². The summed E-state index contributed by atoms with van der Waals surface area (Å²) in [6.07, 6.45) is 8.03. The van der Waals surface area contributed by atoms with Gasteiger partial charge in [-0.1, -0.05) is 18.2 Å². The minimum Gasteiger partial charge on any atom is -0.481 e. The summed E-state index contributed by atoms with van der Waals surface area (Å²) in [5, 5.41) is 9.14. The maximum Gasteiger partial charge on any atom is 0.312 e. The first-order valence-corrected chi connectivity index (χ1v) is 6.51. The van der Waals surface area contributed by atoms with Crippen molar-refractivity contribution in [3.8, 4) is 0 Å². The first-order valence-electron chi connectivity index (χ1n) is 6.51. The third kappa shape index (κ3) is 1.93. The molecule has 0 aromatic carbocycles. The Bertz CT molecular complexity index is 607. The van der Waals surface area contributed by atoms with Crippen LogP contribution in [0, 0.1) is 0 Å². The Morgan fingerprint density at radius 1 is 1.32 bits per heavy atom. The first kappa shape index (κ1) is 12.0. The molecule has 1 aromatic heterocycles. The van der Waals surface area contributed by atoms with E-state index in [1.807, 2.05) is 22.8 Å². The second kappa shape index (κ2) is 4.53. The van der Waals surface area contributed by atoms with Crippen LogP contribution in [-0.2, 0) is 11.3 Å². The van der Waals surface area contributed by atoms with Gasteiger partial charge < -0.3 is 9.67 Å². The highest BCUT2D eigenvalue weighted by Gasteiger charge is 2.31. The van der Waals surface area contributed by atoms with Gasteiger partial charge >= 0.3 is 5.97 Å². The summed E-state index contributed by atoms with van der Waals surface area (Å²) in [5.41, 5.74) is 2.19. The molecule has 0 amide bonds. The number of fused-ring (bicyclic) bond motifs is 1. The maximum absolute atomic E-state index is 12.4. The van der Waals surface area contributed by atoms with Gasteiger partial charge in [0.05, 0.1) is 11.6 Å². The predicted molar refractivity (Wildman–Crippen MR) is 70.2 cm³/mol. The third-order valence-electron chi connectivity index (χ3n) is 3.85. The van der Waals surface area contributed by atoms with Gasteiger partial charge in [-0.3, -0.25) is 9.59 Å². The molecule has 98 valence electrons. The summed E-state index contributed by atoms with van der Waals surface area (Å²) in [7, 11) is 0. The molecule has 1 unspecified atom stereocenters. The van der Waals surface area contributed by atoms with Crippen molar-refractivity contribution >= 4 is 11.8 Å². The molecule has 0 radical (unpaired) electrons. The predicted octanol–water partition coefficient (Wildman–Crippen LogP) is 2.52. The Morgan fingerprint density at radius 2 is 2.16 bits per heavy atom. The van der Waals surface area contributed by atoms with Crippen molar-refractivity contribution in [2.24, 2.45) is 0 Å². The Morgan fingerprint density at radius 3 is 2.84 bits per heavy atom. The van der Waals surface area contributed by atoms with E-state index < -0.39 is 11.9 Å². The molecule has 19 heavy (non-hydrogen) atoms. The number of hydrogen-bond donors (Lipinski definition) is 1. The minimum atomic E-state index is -0.810. The van der Waals surface area contributed by atoms with E-state index in [1.54, 1.807) is 12.1 Å². The SMILES string of the molecule is O=C(C1=CC=CCC1)c1ccc2n1CCC2C(=O)O. The molecule has 1 N–H and O–H groups in total. The van der Waals surface area contributed by atoms with Crippen molar-refractivity contribution in [3.63, 3.8) is 0 Å².